The number of nitrogens with two attached hydrogens (primary N) is 1. The second-order valence-electron chi connectivity index (χ2n) is 4.50. The standard InChI is InChI=1S/C13H12ClN3O2S2/c1-2-21(18,19)13-9(7-4-3-5-8(14)6-7)10-11(15)16-17-12(10)20-13/h3-6H,2H2,1H3,(H3,15,16,17). The van der Waals surface area contributed by atoms with Crippen LogP contribution in [0.1, 0.15) is 6.92 Å². The molecule has 3 N–H and O–H groups in total. The number of sulfone groups is 1. The molecule has 0 fully saturated rings. The van der Waals surface area contributed by atoms with E-state index in [0.717, 1.165) is 11.3 Å². The van der Waals surface area contributed by atoms with Gasteiger partial charge in [0.2, 0.25) is 0 Å². The van der Waals surface area contributed by atoms with Gasteiger partial charge in [-0.1, -0.05) is 30.7 Å². The van der Waals surface area contributed by atoms with Crippen LogP contribution in [0.4, 0.5) is 5.82 Å². The fourth-order valence-corrected chi connectivity index (χ4v) is 5.14. The second-order valence-corrected chi connectivity index (χ2v) is 8.40. The molecule has 0 aliphatic heterocycles. The van der Waals surface area contributed by atoms with Crippen molar-refractivity contribution < 1.29 is 8.42 Å². The number of nitrogen functional groups attached to an aromatic ring is 1. The maximum Gasteiger partial charge on any atom is 0.188 e. The second kappa shape index (κ2) is 5.01. The van der Waals surface area contributed by atoms with Crippen molar-refractivity contribution in [2.45, 2.75) is 11.1 Å². The fraction of sp³-hybridized carbons (Fsp3) is 0.154. The van der Waals surface area contributed by atoms with Crippen LogP contribution < -0.4 is 5.73 Å². The highest BCUT2D eigenvalue weighted by Gasteiger charge is 2.26. The van der Waals surface area contributed by atoms with Crippen molar-refractivity contribution in [2.24, 2.45) is 0 Å². The predicted octanol–water partition coefficient (Wildman–Crippen LogP) is 3.32. The lowest BCUT2D eigenvalue weighted by Crippen LogP contribution is -2.03. The number of thiophene rings is 1. The number of hydrogen-bond donors (Lipinski definition) is 2. The molecular formula is C13H12ClN3O2S2. The minimum atomic E-state index is -3.37. The van der Waals surface area contributed by atoms with Gasteiger partial charge in [-0.15, -0.1) is 11.3 Å². The van der Waals surface area contributed by atoms with Gasteiger partial charge in [0.25, 0.3) is 0 Å². The van der Waals surface area contributed by atoms with Crippen molar-refractivity contribution in [1.82, 2.24) is 10.2 Å². The van der Waals surface area contributed by atoms with Crippen LogP contribution in [0.3, 0.4) is 0 Å². The third-order valence-electron chi connectivity index (χ3n) is 3.18. The van der Waals surface area contributed by atoms with Gasteiger partial charge in [-0.05, 0) is 17.7 Å². The predicted molar refractivity (Wildman–Crippen MR) is 86.6 cm³/mol. The Labute approximate surface area is 130 Å². The molecule has 0 amide bonds. The number of anilines is 1. The number of fused-ring (bicyclic) bond motifs is 1. The Bertz CT molecular complexity index is 928. The number of halogens is 1. The van der Waals surface area contributed by atoms with E-state index in [1.165, 1.54) is 0 Å². The van der Waals surface area contributed by atoms with E-state index in [-0.39, 0.29) is 9.96 Å². The lowest BCUT2D eigenvalue weighted by atomic mass is 10.1. The van der Waals surface area contributed by atoms with Gasteiger partial charge in [0.05, 0.1) is 11.1 Å². The molecule has 0 atom stereocenters. The summed E-state index contributed by atoms with van der Waals surface area (Å²) < 4.78 is 25.0. The Morgan fingerprint density at radius 2 is 2.19 bits per heavy atom. The number of nitrogens with zero attached hydrogens (tertiary/aromatic N) is 1. The summed E-state index contributed by atoms with van der Waals surface area (Å²) in [7, 11) is -3.37. The zero-order valence-corrected chi connectivity index (χ0v) is 13.4. The molecule has 8 heteroatoms. The van der Waals surface area contributed by atoms with E-state index >= 15 is 0 Å². The van der Waals surface area contributed by atoms with Crippen molar-refractivity contribution in [1.29, 1.82) is 0 Å². The summed E-state index contributed by atoms with van der Waals surface area (Å²) in [5, 5.41) is 7.92. The van der Waals surface area contributed by atoms with Gasteiger partial charge in [0, 0.05) is 10.6 Å². The minimum absolute atomic E-state index is 0.0211. The van der Waals surface area contributed by atoms with Crippen LogP contribution in [0.15, 0.2) is 28.5 Å². The normalized spacial score (nSPS) is 12.1. The van der Waals surface area contributed by atoms with Gasteiger partial charge < -0.3 is 5.73 Å². The molecule has 0 spiro atoms. The minimum Gasteiger partial charge on any atom is -0.384 e. The first-order chi connectivity index (χ1) is 9.94. The first-order valence-corrected chi connectivity index (χ1v) is 9.03. The molecular weight excluding hydrogens is 330 g/mol. The van der Waals surface area contributed by atoms with Gasteiger partial charge in [-0.2, -0.15) is 5.10 Å². The van der Waals surface area contributed by atoms with Crippen LogP contribution in [0.5, 0.6) is 0 Å². The first-order valence-electron chi connectivity index (χ1n) is 6.19. The van der Waals surface area contributed by atoms with Crippen molar-refractivity contribution in [3.8, 4) is 11.1 Å². The maximum atomic E-state index is 12.4. The number of rotatable bonds is 3. The van der Waals surface area contributed by atoms with Crippen LogP contribution in [-0.2, 0) is 9.84 Å². The first kappa shape index (κ1) is 14.4. The molecule has 0 radical (unpaired) electrons. The van der Waals surface area contributed by atoms with E-state index in [9.17, 15) is 8.42 Å². The molecule has 3 aromatic rings. The van der Waals surface area contributed by atoms with E-state index in [2.05, 4.69) is 10.2 Å². The van der Waals surface area contributed by atoms with Crippen LogP contribution in [-0.4, -0.2) is 24.4 Å². The highest BCUT2D eigenvalue weighted by molar-refractivity contribution is 7.93. The van der Waals surface area contributed by atoms with Gasteiger partial charge in [-0.3, -0.25) is 5.10 Å². The molecule has 2 aromatic heterocycles. The monoisotopic (exact) mass is 341 g/mol. The van der Waals surface area contributed by atoms with E-state index in [4.69, 9.17) is 17.3 Å². The molecule has 5 nitrogen and oxygen atoms in total. The average Bonchev–Trinajstić information content (AvgIpc) is 3.00. The molecule has 0 bridgehead atoms. The number of benzene rings is 1. The van der Waals surface area contributed by atoms with E-state index in [0.29, 0.717) is 32.2 Å². The summed E-state index contributed by atoms with van der Waals surface area (Å²) in [4.78, 5) is 0.578. The van der Waals surface area contributed by atoms with Crippen LogP contribution >= 0.6 is 22.9 Å². The molecule has 0 unspecified atom stereocenters. The number of H-pyrrole nitrogens is 1. The molecule has 0 aliphatic carbocycles. The molecule has 0 saturated carbocycles. The molecule has 21 heavy (non-hydrogen) atoms. The van der Waals surface area contributed by atoms with Crippen molar-refractivity contribution in [3.63, 3.8) is 0 Å². The van der Waals surface area contributed by atoms with E-state index in [1.807, 2.05) is 6.07 Å². The van der Waals surface area contributed by atoms with Gasteiger partial charge >= 0.3 is 0 Å². The Kier molecular flexibility index (Phi) is 3.43. The molecule has 110 valence electrons. The maximum absolute atomic E-state index is 12.4. The van der Waals surface area contributed by atoms with E-state index < -0.39 is 9.84 Å². The topological polar surface area (TPSA) is 88.8 Å². The van der Waals surface area contributed by atoms with E-state index in [1.54, 1.807) is 25.1 Å². The third-order valence-corrected chi connectivity index (χ3v) is 6.83. The molecule has 0 aliphatic rings. The number of nitrogens with one attached hydrogen (secondary N) is 1. The highest BCUT2D eigenvalue weighted by Crippen LogP contribution is 2.43. The third kappa shape index (κ3) is 2.31. The van der Waals surface area contributed by atoms with Gasteiger partial charge in [0.1, 0.15) is 14.9 Å². The van der Waals surface area contributed by atoms with Gasteiger partial charge in [-0.25, -0.2) is 8.42 Å². The number of aromatic nitrogens is 2. The molecule has 0 saturated heterocycles. The molecule has 1 aromatic carbocycles. The Balaban J connectivity index is 2.43. The summed E-state index contributed by atoms with van der Waals surface area (Å²) in [6, 6.07) is 7.06. The van der Waals surface area contributed by atoms with Crippen LogP contribution in [0.2, 0.25) is 5.02 Å². The summed E-state index contributed by atoms with van der Waals surface area (Å²) in [6.45, 7) is 1.62. The van der Waals surface area contributed by atoms with Crippen LogP contribution in [0.25, 0.3) is 21.3 Å². The summed E-state index contributed by atoms with van der Waals surface area (Å²) in [5.41, 5.74) is 7.20. The summed E-state index contributed by atoms with van der Waals surface area (Å²) >= 11 is 7.15. The van der Waals surface area contributed by atoms with Crippen molar-refractivity contribution >= 4 is 48.8 Å². The average molecular weight is 342 g/mol. The quantitative estimate of drug-likeness (QED) is 0.764. The zero-order valence-electron chi connectivity index (χ0n) is 11.1. The van der Waals surface area contributed by atoms with Crippen molar-refractivity contribution in [2.75, 3.05) is 11.5 Å². The summed E-state index contributed by atoms with van der Waals surface area (Å²) in [5.74, 6) is 0.376. The SMILES string of the molecule is CCS(=O)(=O)c1sc2n[nH]c(N)c2c1-c1cccc(Cl)c1. The fourth-order valence-electron chi connectivity index (χ4n) is 2.15. The lowest BCUT2D eigenvalue weighted by Gasteiger charge is -2.05. The Hall–Kier alpha value is -1.57. The Morgan fingerprint density at radius 1 is 1.43 bits per heavy atom. The number of hydrogen-bond acceptors (Lipinski definition) is 5. The summed E-state index contributed by atoms with van der Waals surface area (Å²) in [6.07, 6.45) is 0. The molecule has 2 heterocycles. The van der Waals surface area contributed by atoms with Crippen LogP contribution in [0, 0.1) is 0 Å². The smallest absolute Gasteiger partial charge is 0.188 e. The Morgan fingerprint density at radius 3 is 2.86 bits per heavy atom. The largest absolute Gasteiger partial charge is 0.384 e. The highest BCUT2D eigenvalue weighted by atomic mass is 35.5. The lowest BCUT2D eigenvalue weighted by molar-refractivity contribution is 0.599. The van der Waals surface area contributed by atoms with Crippen molar-refractivity contribution in [3.05, 3.63) is 29.3 Å². The van der Waals surface area contributed by atoms with Gasteiger partial charge in [0.15, 0.2) is 9.84 Å². The zero-order chi connectivity index (χ0) is 15.2. The number of aromatic amines is 1. The molecule has 3 rings (SSSR count).